The minimum atomic E-state index is -1.54. The van der Waals surface area contributed by atoms with Crippen molar-refractivity contribution in [3.8, 4) is 0 Å². The molecule has 0 bridgehead atoms. The van der Waals surface area contributed by atoms with Crippen LogP contribution in [0.1, 0.15) is 79.8 Å². The highest BCUT2D eigenvalue weighted by molar-refractivity contribution is 6.01. The third-order valence-corrected chi connectivity index (χ3v) is 11.9. The molecular weight excluding hydrogens is 575 g/mol. The molecule has 1 saturated heterocycles. The number of benzene rings is 2. The van der Waals surface area contributed by atoms with E-state index in [1.54, 1.807) is 36.4 Å². The summed E-state index contributed by atoms with van der Waals surface area (Å²) < 4.78 is 28.6. The zero-order chi connectivity index (χ0) is 31.9. The standard InChI is InChI=1S/C37H39FO7/c1-20(40)23-7-4-21(5-8-23)14-22-6-10-27(29(38)15-22)34-44-32-17-28-26-11-9-24-16-25(41)12-13-35(24,2)33(26)30(42)18-36(28,3)37(32,45-34)31(43)19-39/h4-8,10,12-13,15-16,26,28,30,32-34,39,42H,9,11,14,17-19H2,1-3H3/t26-,28-,30-,32+,33+,34?,35-,36-,37+/m0/s1. The Balaban J connectivity index is 1.17. The van der Waals surface area contributed by atoms with Crippen molar-refractivity contribution in [1.82, 2.24) is 0 Å². The number of hydrogen-bond donors (Lipinski definition) is 2. The van der Waals surface area contributed by atoms with Gasteiger partial charge in [-0.05, 0) is 80.2 Å². The Bertz CT molecular complexity index is 1640. The van der Waals surface area contributed by atoms with Gasteiger partial charge in [-0.3, -0.25) is 14.4 Å². The normalized spacial score (nSPS) is 38.2. The lowest BCUT2D eigenvalue weighted by Gasteiger charge is -2.59. The maximum atomic E-state index is 15.7. The summed E-state index contributed by atoms with van der Waals surface area (Å²) in [5.74, 6) is -1.22. The summed E-state index contributed by atoms with van der Waals surface area (Å²) in [7, 11) is 0. The van der Waals surface area contributed by atoms with Crippen molar-refractivity contribution in [3.05, 3.63) is 94.3 Å². The Morgan fingerprint density at radius 1 is 1.09 bits per heavy atom. The number of hydrogen-bond acceptors (Lipinski definition) is 7. The Labute approximate surface area is 262 Å². The van der Waals surface area contributed by atoms with Crippen LogP contribution in [-0.2, 0) is 25.5 Å². The number of carbonyl (C=O) groups excluding carboxylic acids is 3. The van der Waals surface area contributed by atoms with Gasteiger partial charge in [0, 0.05) is 27.9 Å². The van der Waals surface area contributed by atoms with E-state index in [1.807, 2.05) is 25.1 Å². The van der Waals surface area contributed by atoms with E-state index in [4.69, 9.17) is 9.47 Å². The maximum Gasteiger partial charge on any atom is 0.193 e. The fourth-order valence-corrected chi connectivity index (χ4v) is 9.79. The third kappa shape index (κ3) is 4.40. The third-order valence-electron chi connectivity index (χ3n) is 11.9. The summed E-state index contributed by atoms with van der Waals surface area (Å²) >= 11 is 0. The van der Waals surface area contributed by atoms with Crippen molar-refractivity contribution in [1.29, 1.82) is 0 Å². The molecule has 0 amide bonds. The fourth-order valence-electron chi connectivity index (χ4n) is 9.79. The van der Waals surface area contributed by atoms with Gasteiger partial charge in [0.05, 0.1) is 12.2 Å². The molecule has 7 rings (SSSR count). The Morgan fingerprint density at radius 3 is 2.51 bits per heavy atom. The number of rotatable bonds is 6. The predicted molar refractivity (Wildman–Crippen MR) is 163 cm³/mol. The molecule has 1 heterocycles. The molecular formula is C37H39FO7. The molecule has 236 valence electrons. The second-order valence-electron chi connectivity index (χ2n) is 14.1. The van der Waals surface area contributed by atoms with Crippen molar-refractivity contribution < 1.29 is 38.5 Å². The van der Waals surface area contributed by atoms with Crippen molar-refractivity contribution >= 4 is 17.3 Å². The van der Waals surface area contributed by atoms with E-state index < -0.39 is 53.1 Å². The minimum Gasteiger partial charge on any atom is -0.393 e. The predicted octanol–water partition coefficient (Wildman–Crippen LogP) is 5.22. The van der Waals surface area contributed by atoms with Gasteiger partial charge in [-0.15, -0.1) is 0 Å². The largest absolute Gasteiger partial charge is 0.393 e. The molecule has 4 aliphatic carbocycles. The lowest BCUT2D eigenvalue weighted by molar-refractivity contribution is -0.201. The van der Waals surface area contributed by atoms with Crippen molar-refractivity contribution in [2.45, 2.75) is 77.0 Å². The van der Waals surface area contributed by atoms with Crippen LogP contribution in [0.15, 0.2) is 66.3 Å². The van der Waals surface area contributed by atoms with Gasteiger partial charge < -0.3 is 19.7 Å². The number of aliphatic hydroxyl groups is 2. The van der Waals surface area contributed by atoms with Crippen LogP contribution in [0, 0.1) is 34.4 Å². The molecule has 1 unspecified atom stereocenters. The molecule has 7 nitrogen and oxygen atoms in total. The molecule has 0 radical (unpaired) electrons. The first-order chi connectivity index (χ1) is 21.4. The Morgan fingerprint density at radius 2 is 1.82 bits per heavy atom. The summed E-state index contributed by atoms with van der Waals surface area (Å²) in [6, 6.07) is 12.1. The van der Waals surface area contributed by atoms with Crippen LogP contribution in [0.4, 0.5) is 4.39 Å². The second-order valence-corrected chi connectivity index (χ2v) is 14.1. The van der Waals surface area contributed by atoms with E-state index in [0.717, 1.165) is 29.5 Å². The second kappa shape index (κ2) is 10.6. The zero-order valence-electron chi connectivity index (χ0n) is 25.8. The van der Waals surface area contributed by atoms with E-state index in [1.165, 1.54) is 13.0 Å². The summed E-state index contributed by atoms with van der Waals surface area (Å²) in [5, 5.41) is 22.0. The van der Waals surface area contributed by atoms with Crippen LogP contribution in [0.2, 0.25) is 0 Å². The molecule has 2 aromatic carbocycles. The summed E-state index contributed by atoms with van der Waals surface area (Å²) in [4.78, 5) is 37.5. The van der Waals surface area contributed by atoms with E-state index in [9.17, 15) is 24.6 Å². The molecule has 8 heteroatoms. The van der Waals surface area contributed by atoms with Crippen LogP contribution in [-0.4, -0.2) is 52.0 Å². The van der Waals surface area contributed by atoms with Gasteiger partial charge in [0.15, 0.2) is 29.2 Å². The van der Waals surface area contributed by atoms with E-state index >= 15 is 4.39 Å². The van der Waals surface area contributed by atoms with Crippen molar-refractivity contribution in [2.24, 2.45) is 28.6 Å². The van der Waals surface area contributed by atoms with E-state index in [-0.39, 0.29) is 41.3 Å². The molecule has 5 aliphatic rings. The Kier molecular flexibility index (Phi) is 7.17. The molecule has 2 aromatic rings. The lowest BCUT2D eigenvalue weighted by Crippen LogP contribution is -2.63. The zero-order valence-corrected chi connectivity index (χ0v) is 25.8. The van der Waals surface area contributed by atoms with Gasteiger partial charge in [-0.1, -0.05) is 61.9 Å². The number of aliphatic hydroxyl groups excluding tert-OH is 2. The minimum absolute atomic E-state index is 0.0168. The van der Waals surface area contributed by atoms with Gasteiger partial charge in [0.1, 0.15) is 12.4 Å². The molecule has 3 saturated carbocycles. The number of carbonyl (C=O) groups is 3. The molecule has 0 spiro atoms. The first-order valence-electron chi connectivity index (χ1n) is 15.9. The number of ether oxygens (including phenoxy) is 2. The molecule has 45 heavy (non-hydrogen) atoms. The average molecular weight is 615 g/mol. The number of Topliss-reactive ketones (excluding diaryl/α,β-unsaturated/α-hetero) is 2. The highest BCUT2D eigenvalue weighted by atomic mass is 19.1. The van der Waals surface area contributed by atoms with Gasteiger partial charge in [-0.25, -0.2) is 4.39 Å². The maximum absolute atomic E-state index is 15.7. The number of fused-ring (bicyclic) bond motifs is 7. The van der Waals surface area contributed by atoms with E-state index in [2.05, 4.69) is 6.92 Å². The van der Waals surface area contributed by atoms with Crippen LogP contribution in [0.25, 0.3) is 0 Å². The van der Waals surface area contributed by atoms with Gasteiger partial charge >= 0.3 is 0 Å². The highest BCUT2D eigenvalue weighted by Crippen LogP contribution is 2.70. The number of ketones is 3. The quantitative estimate of drug-likeness (QED) is 0.430. The monoisotopic (exact) mass is 614 g/mol. The number of allylic oxidation sites excluding steroid dienone is 4. The van der Waals surface area contributed by atoms with Crippen LogP contribution in [0.3, 0.4) is 0 Å². The first kappa shape index (κ1) is 30.4. The molecule has 0 aromatic heterocycles. The average Bonchev–Trinajstić information content (AvgIpc) is 3.50. The van der Waals surface area contributed by atoms with Crippen LogP contribution >= 0.6 is 0 Å². The highest BCUT2D eigenvalue weighted by Gasteiger charge is 2.76. The van der Waals surface area contributed by atoms with Gasteiger partial charge in [0.2, 0.25) is 0 Å². The van der Waals surface area contributed by atoms with E-state index in [0.29, 0.717) is 18.4 Å². The molecule has 9 atom stereocenters. The van der Waals surface area contributed by atoms with Gasteiger partial charge in [-0.2, -0.15) is 0 Å². The topological polar surface area (TPSA) is 110 Å². The van der Waals surface area contributed by atoms with Crippen LogP contribution in [0.5, 0.6) is 0 Å². The van der Waals surface area contributed by atoms with Gasteiger partial charge in [0.25, 0.3) is 0 Å². The smallest absolute Gasteiger partial charge is 0.193 e. The summed E-state index contributed by atoms with van der Waals surface area (Å²) in [6.07, 6.45) is 5.29. The fraction of sp³-hybridized carbons (Fsp3) is 0.486. The summed E-state index contributed by atoms with van der Waals surface area (Å²) in [5.41, 5.74) is 0.639. The molecule has 2 N–H and O–H groups in total. The van der Waals surface area contributed by atoms with Crippen molar-refractivity contribution in [3.63, 3.8) is 0 Å². The SMILES string of the molecule is CC(=O)c1ccc(Cc2ccc(C3O[C@@H]4C[C@H]5[C@@H]6CCC7=CC(=O)C=C[C@]7(C)[C@H]6[C@@H](O)C[C@]5(C)[C@]4(C(=O)CO)O3)c(F)c2)cc1. The van der Waals surface area contributed by atoms with Crippen molar-refractivity contribution in [2.75, 3.05) is 6.61 Å². The summed E-state index contributed by atoms with van der Waals surface area (Å²) in [6.45, 7) is 4.81. The van der Waals surface area contributed by atoms with Crippen LogP contribution < -0.4 is 0 Å². The first-order valence-corrected chi connectivity index (χ1v) is 15.9. The lowest BCUT2D eigenvalue weighted by atomic mass is 9.46. The molecule has 1 aliphatic heterocycles. The number of halogens is 1. The molecule has 4 fully saturated rings. The Hall–Kier alpha value is -3.30.